The fourth-order valence-electron chi connectivity index (χ4n) is 2.28. The van der Waals surface area contributed by atoms with E-state index in [1.54, 1.807) is 12.1 Å². The maximum absolute atomic E-state index is 12.7. The predicted molar refractivity (Wildman–Crippen MR) is 111 cm³/mol. The molecule has 0 aliphatic carbocycles. The molecule has 0 saturated carbocycles. The molecule has 2 N–H and O–H groups in total. The third-order valence-electron chi connectivity index (χ3n) is 3.81. The quantitative estimate of drug-likeness (QED) is 0.435. The smallest absolute Gasteiger partial charge is 0.255 e. The van der Waals surface area contributed by atoms with E-state index in [1.165, 1.54) is 51.7 Å². The lowest BCUT2D eigenvalue weighted by Gasteiger charge is -2.17. The van der Waals surface area contributed by atoms with Crippen LogP contribution in [0, 0.1) is 0 Å². The zero-order valence-corrected chi connectivity index (χ0v) is 18.3. The van der Waals surface area contributed by atoms with Gasteiger partial charge in [-0.15, -0.1) is 0 Å². The molecule has 29 heavy (non-hydrogen) atoms. The normalized spacial score (nSPS) is 11.6. The molecule has 0 aromatic heterocycles. The Morgan fingerprint density at radius 2 is 1.90 bits per heavy atom. The summed E-state index contributed by atoms with van der Waals surface area (Å²) in [5, 5.41) is 13.5. The Bertz CT molecular complexity index is 1030. The average molecular weight is 486 g/mol. The van der Waals surface area contributed by atoms with E-state index in [0.717, 1.165) is 8.78 Å². The van der Waals surface area contributed by atoms with E-state index < -0.39 is 22.5 Å². The number of hydrazone groups is 1. The van der Waals surface area contributed by atoms with Crippen LogP contribution in [-0.2, 0) is 14.8 Å². The molecule has 156 valence electrons. The number of sulfonamides is 1. The Hall–Kier alpha value is -2.63. The third-order valence-corrected chi connectivity index (χ3v) is 6.10. The Morgan fingerprint density at radius 1 is 1.21 bits per heavy atom. The molecule has 0 saturated heterocycles. The SMILES string of the molecule is COc1ccc(S(=O)(=O)N(C)CC(=O)N/N=C\c2cc(Br)ccc2O)cc1OC. The lowest BCUT2D eigenvalue weighted by Crippen LogP contribution is -2.36. The van der Waals surface area contributed by atoms with E-state index in [-0.39, 0.29) is 16.4 Å². The van der Waals surface area contributed by atoms with Gasteiger partial charge in [-0.2, -0.15) is 9.41 Å². The number of hydrogen-bond acceptors (Lipinski definition) is 7. The number of hydrogen-bond donors (Lipinski definition) is 2. The molecular formula is C18H20BrN3O6S. The molecule has 2 rings (SSSR count). The summed E-state index contributed by atoms with van der Waals surface area (Å²) in [7, 11) is 0.168. The minimum Gasteiger partial charge on any atom is -0.507 e. The lowest BCUT2D eigenvalue weighted by molar-refractivity contribution is -0.121. The van der Waals surface area contributed by atoms with Crippen LogP contribution in [0.3, 0.4) is 0 Å². The van der Waals surface area contributed by atoms with Crippen LogP contribution in [0.4, 0.5) is 0 Å². The summed E-state index contributed by atoms with van der Waals surface area (Å²) in [6, 6.07) is 8.87. The first-order valence-corrected chi connectivity index (χ1v) is 10.4. The average Bonchev–Trinajstić information content (AvgIpc) is 2.69. The van der Waals surface area contributed by atoms with Gasteiger partial charge in [-0.25, -0.2) is 13.8 Å². The summed E-state index contributed by atoms with van der Waals surface area (Å²) in [6.45, 7) is -0.460. The maximum atomic E-state index is 12.7. The molecule has 0 radical (unpaired) electrons. The summed E-state index contributed by atoms with van der Waals surface area (Å²) in [5.74, 6) is -0.0246. The van der Waals surface area contributed by atoms with E-state index in [0.29, 0.717) is 11.3 Å². The van der Waals surface area contributed by atoms with E-state index >= 15 is 0 Å². The second kappa shape index (κ2) is 9.72. The van der Waals surface area contributed by atoms with Crippen LogP contribution in [0.2, 0.25) is 0 Å². The zero-order valence-electron chi connectivity index (χ0n) is 15.9. The number of likely N-dealkylation sites (N-methyl/N-ethyl adjacent to an activating group) is 1. The molecule has 9 nitrogen and oxygen atoms in total. The first kappa shape index (κ1) is 22.7. The van der Waals surface area contributed by atoms with Gasteiger partial charge in [0.2, 0.25) is 10.0 Å². The maximum Gasteiger partial charge on any atom is 0.255 e. The number of amides is 1. The number of nitrogens with one attached hydrogen (secondary N) is 1. The summed E-state index contributed by atoms with van der Waals surface area (Å²) in [4.78, 5) is 12.0. The standard InChI is InChI=1S/C18H20BrN3O6S/c1-22(29(25,26)14-5-7-16(27-2)17(9-14)28-3)11-18(24)21-20-10-12-8-13(19)4-6-15(12)23/h4-10,23H,11H2,1-3H3,(H,21,24)/b20-10-. The van der Waals surface area contributed by atoms with Crippen LogP contribution in [0.5, 0.6) is 17.2 Å². The topological polar surface area (TPSA) is 118 Å². The number of phenolic OH excluding ortho intramolecular Hbond substituents is 1. The number of carbonyl (C=O) groups excluding carboxylic acids is 1. The van der Waals surface area contributed by atoms with Crippen molar-refractivity contribution in [3.8, 4) is 17.2 Å². The molecule has 2 aromatic rings. The van der Waals surface area contributed by atoms with Crippen molar-refractivity contribution >= 4 is 38.1 Å². The monoisotopic (exact) mass is 485 g/mol. The summed E-state index contributed by atoms with van der Waals surface area (Å²) < 4.78 is 37.2. The first-order chi connectivity index (χ1) is 13.7. The van der Waals surface area contributed by atoms with Gasteiger partial charge in [0, 0.05) is 23.2 Å². The van der Waals surface area contributed by atoms with Gasteiger partial charge in [0.15, 0.2) is 11.5 Å². The van der Waals surface area contributed by atoms with Gasteiger partial charge in [-0.05, 0) is 30.3 Å². The number of halogens is 1. The fraction of sp³-hybridized carbons (Fsp3) is 0.222. The predicted octanol–water partition coefficient (Wildman–Crippen LogP) is 1.94. The second-order valence-corrected chi connectivity index (χ2v) is 8.73. The molecular weight excluding hydrogens is 466 g/mol. The van der Waals surface area contributed by atoms with E-state index in [4.69, 9.17) is 9.47 Å². The number of methoxy groups -OCH3 is 2. The van der Waals surface area contributed by atoms with Gasteiger partial charge in [0.25, 0.3) is 5.91 Å². The molecule has 2 aromatic carbocycles. The third kappa shape index (κ3) is 5.68. The minimum absolute atomic E-state index is 0.0145. The molecule has 0 fully saturated rings. The van der Waals surface area contributed by atoms with Crippen LogP contribution in [0.15, 0.2) is 50.9 Å². The number of ether oxygens (including phenoxy) is 2. The van der Waals surface area contributed by atoms with Crippen molar-refractivity contribution in [2.45, 2.75) is 4.90 Å². The number of nitrogens with zero attached hydrogens (tertiary/aromatic N) is 2. The van der Waals surface area contributed by atoms with Crippen LogP contribution in [0.1, 0.15) is 5.56 Å². The number of phenols is 1. The van der Waals surface area contributed by atoms with Gasteiger partial charge in [0.1, 0.15) is 5.75 Å². The Morgan fingerprint density at radius 3 is 2.55 bits per heavy atom. The largest absolute Gasteiger partial charge is 0.507 e. The van der Waals surface area contributed by atoms with Crippen LogP contribution in [0.25, 0.3) is 0 Å². The zero-order chi connectivity index (χ0) is 21.6. The van der Waals surface area contributed by atoms with Crippen molar-refractivity contribution in [2.75, 3.05) is 27.8 Å². The molecule has 0 heterocycles. The van der Waals surface area contributed by atoms with Crippen LogP contribution < -0.4 is 14.9 Å². The highest BCUT2D eigenvalue weighted by Gasteiger charge is 2.24. The molecule has 0 aliphatic rings. The highest BCUT2D eigenvalue weighted by molar-refractivity contribution is 9.10. The molecule has 0 aliphatic heterocycles. The summed E-state index contributed by atoms with van der Waals surface area (Å²) in [6.07, 6.45) is 1.25. The number of benzene rings is 2. The van der Waals surface area contributed by atoms with Gasteiger partial charge in [-0.1, -0.05) is 15.9 Å². The van der Waals surface area contributed by atoms with Crippen molar-refractivity contribution in [3.05, 3.63) is 46.4 Å². The molecule has 11 heteroatoms. The van der Waals surface area contributed by atoms with Gasteiger partial charge < -0.3 is 14.6 Å². The van der Waals surface area contributed by atoms with Gasteiger partial charge >= 0.3 is 0 Å². The molecule has 1 amide bonds. The first-order valence-electron chi connectivity index (χ1n) is 8.18. The van der Waals surface area contributed by atoms with E-state index in [9.17, 15) is 18.3 Å². The summed E-state index contributed by atoms with van der Waals surface area (Å²) in [5.41, 5.74) is 2.61. The Kier molecular flexibility index (Phi) is 7.59. The van der Waals surface area contributed by atoms with Crippen molar-refractivity contribution in [2.24, 2.45) is 5.10 Å². The molecule has 0 atom stereocenters. The second-order valence-electron chi connectivity index (χ2n) is 5.77. The van der Waals surface area contributed by atoms with Crippen molar-refractivity contribution in [1.29, 1.82) is 0 Å². The van der Waals surface area contributed by atoms with Gasteiger partial charge in [0.05, 0.1) is 31.9 Å². The number of carbonyl (C=O) groups is 1. The number of aromatic hydroxyl groups is 1. The Labute approximate surface area is 177 Å². The lowest BCUT2D eigenvalue weighted by atomic mass is 10.2. The molecule has 0 unspecified atom stereocenters. The van der Waals surface area contributed by atoms with E-state index in [2.05, 4.69) is 26.5 Å². The number of rotatable bonds is 8. The highest BCUT2D eigenvalue weighted by atomic mass is 79.9. The highest BCUT2D eigenvalue weighted by Crippen LogP contribution is 2.30. The van der Waals surface area contributed by atoms with Crippen LogP contribution >= 0.6 is 15.9 Å². The fourth-order valence-corrected chi connectivity index (χ4v) is 3.80. The van der Waals surface area contributed by atoms with Crippen molar-refractivity contribution in [3.63, 3.8) is 0 Å². The van der Waals surface area contributed by atoms with Crippen molar-refractivity contribution < 1.29 is 27.8 Å². The molecule has 0 spiro atoms. The minimum atomic E-state index is -3.94. The molecule has 0 bridgehead atoms. The van der Waals surface area contributed by atoms with Gasteiger partial charge in [-0.3, -0.25) is 4.79 Å². The van der Waals surface area contributed by atoms with Crippen molar-refractivity contribution in [1.82, 2.24) is 9.73 Å². The van der Waals surface area contributed by atoms with E-state index in [1.807, 2.05) is 0 Å². The Balaban J connectivity index is 2.06. The van der Waals surface area contributed by atoms with Crippen LogP contribution in [-0.4, -0.2) is 57.8 Å². The summed E-state index contributed by atoms with van der Waals surface area (Å²) >= 11 is 3.26.